The first-order valence-electron chi connectivity index (χ1n) is 16.6. The molecule has 9 aromatic carbocycles. The van der Waals surface area contributed by atoms with Gasteiger partial charge in [-0.15, -0.1) is 0 Å². The van der Waals surface area contributed by atoms with Crippen LogP contribution in [0, 0.1) is 0 Å². The molecule has 11 rings (SSSR count). The third kappa shape index (κ3) is 3.52. The van der Waals surface area contributed by atoms with Crippen LogP contribution in [-0.2, 0) is 0 Å². The van der Waals surface area contributed by atoms with E-state index in [9.17, 15) is 0 Å². The highest BCUT2D eigenvalue weighted by Gasteiger charge is 2.17. The minimum atomic E-state index is 1.18. The molecule has 0 spiro atoms. The first-order chi connectivity index (χ1) is 23.8. The summed E-state index contributed by atoms with van der Waals surface area (Å²) in [5.41, 5.74) is 12.2. The lowest BCUT2D eigenvalue weighted by Gasteiger charge is -2.11. The van der Waals surface area contributed by atoms with Crippen LogP contribution < -0.4 is 0 Å². The zero-order chi connectivity index (χ0) is 31.3. The molecule has 0 fully saturated rings. The van der Waals surface area contributed by atoms with Crippen molar-refractivity contribution in [3.63, 3.8) is 0 Å². The van der Waals surface area contributed by atoms with E-state index in [2.05, 4.69) is 179 Å². The number of hydrogen-bond acceptors (Lipinski definition) is 0. The number of aromatic nitrogens is 2. The lowest BCUT2D eigenvalue weighted by Crippen LogP contribution is -1.94. The summed E-state index contributed by atoms with van der Waals surface area (Å²) in [6, 6.07) is 62.4. The lowest BCUT2D eigenvalue weighted by atomic mass is 10.00. The molecule has 0 saturated heterocycles. The van der Waals surface area contributed by atoms with Gasteiger partial charge in [-0.25, -0.2) is 0 Å². The van der Waals surface area contributed by atoms with Crippen LogP contribution in [0.2, 0.25) is 0 Å². The smallest absolute Gasteiger partial charge is 0.0547 e. The summed E-state index contributed by atoms with van der Waals surface area (Å²) in [4.78, 5) is 0. The maximum Gasteiger partial charge on any atom is 0.0547 e. The van der Waals surface area contributed by atoms with E-state index in [-0.39, 0.29) is 0 Å². The molecule has 2 aromatic heterocycles. The van der Waals surface area contributed by atoms with Crippen LogP contribution in [0.1, 0.15) is 0 Å². The monoisotopic (exact) mass is 608 g/mol. The molecule has 0 N–H and O–H groups in total. The topological polar surface area (TPSA) is 9.86 Å². The van der Waals surface area contributed by atoms with Crippen LogP contribution in [0.15, 0.2) is 170 Å². The maximum atomic E-state index is 2.41. The van der Waals surface area contributed by atoms with E-state index in [1.807, 2.05) is 0 Å². The van der Waals surface area contributed by atoms with Crippen LogP contribution in [0.25, 0.3) is 98.8 Å². The Morgan fingerprint density at radius 2 is 0.479 bits per heavy atom. The quantitative estimate of drug-likeness (QED) is 0.176. The van der Waals surface area contributed by atoms with E-state index >= 15 is 0 Å². The fourth-order valence-corrected chi connectivity index (χ4v) is 8.26. The van der Waals surface area contributed by atoms with Gasteiger partial charge in [0.05, 0.1) is 22.1 Å². The normalized spacial score (nSPS) is 12.2. The molecule has 2 nitrogen and oxygen atoms in total. The molecule has 0 bridgehead atoms. The second-order valence-electron chi connectivity index (χ2n) is 13.0. The fourth-order valence-electron chi connectivity index (χ4n) is 8.26. The Labute approximate surface area is 277 Å². The zero-order valence-corrected chi connectivity index (χ0v) is 26.1. The van der Waals surface area contributed by atoms with E-state index in [4.69, 9.17) is 0 Å². The van der Waals surface area contributed by atoms with Crippen molar-refractivity contribution in [2.24, 2.45) is 0 Å². The Hall–Kier alpha value is -6.38. The summed E-state index contributed by atoms with van der Waals surface area (Å²) in [6.45, 7) is 0. The molecular weight excluding hydrogens is 581 g/mol. The Kier molecular flexibility index (Phi) is 5.14. The van der Waals surface area contributed by atoms with Crippen molar-refractivity contribution in [3.05, 3.63) is 170 Å². The molecule has 0 atom stereocenters. The van der Waals surface area contributed by atoms with Crippen LogP contribution in [0.3, 0.4) is 0 Å². The average molecular weight is 609 g/mol. The second-order valence-corrected chi connectivity index (χ2v) is 13.0. The molecular formula is C46H28N2. The van der Waals surface area contributed by atoms with E-state index in [1.165, 1.54) is 98.8 Å². The summed E-state index contributed by atoms with van der Waals surface area (Å²) in [5.74, 6) is 0. The predicted molar refractivity (Wildman–Crippen MR) is 203 cm³/mol. The van der Waals surface area contributed by atoms with Gasteiger partial charge in [-0.3, -0.25) is 0 Å². The minimum Gasteiger partial charge on any atom is -0.309 e. The zero-order valence-electron chi connectivity index (χ0n) is 26.1. The Balaban J connectivity index is 0.923. The van der Waals surface area contributed by atoms with Gasteiger partial charge in [-0.1, -0.05) is 121 Å². The van der Waals surface area contributed by atoms with Crippen molar-refractivity contribution in [1.29, 1.82) is 0 Å². The van der Waals surface area contributed by atoms with E-state index < -0.39 is 0 Å². The lowest BCUT2D eigenvalue weighted by molar-refractivity contribution is 1.18. The van der Waals surface area contributed by atoms with Crippen molar-refractivity contribution in [2.45, 2.75) is 0 Å². The van der Waals surface area contributed by atoms with Crippen LogP contribution in [0.4, 0.5) is 0 Å². The number of benzene rings is 9. The minimum absolute atomic E-state index is 1.18. The molecule has 0 unspecified atom stereocenters. The number of rotatable bonds is 4. The van der Waals surface area contributed by atoms with Gasteiger partial charge in [-0.2, -0.15) is 0 Å². The summed E-state index contributed by atoms with van der Waals surface area (Å²) in [6.07, 6.45) is 0. The molecule has 0 aliphatic heterocycles. The van der Waals surface area contributed by atoms with E-state index in [0.29, 0.717) is 0 Å². The van der Waals surface area contributed by atoms with Crippen LogP contribution in [0.5, 0.6) is 0 Å². The van der Waals surface area contributed by atoms with Crippen molar-refractivity contribution >= 4 is 65.2 Å². The largest absolute Gasteiger partial charge is 0.309 e. The van der Waals surface area contributed by atoms with Gasteiger partial charge in [-0.05, 0) is 92.3 Å². The van der Waals surface area contributed by atoms with Gasteiger partial charge in [0.2, 0.25) is 0 Å². The molecule has 0 radical (unpaired) electrons. The number of hydrogen-bond donors (Lipinski definition) is 0. The standard InChI is InChI=1S/C46H28N2/c1-5-33-17-18-34-6-2-10-40-44(34)43(33)39(9-1)47(40)37-25-21-31(22-26-37)29-13-15-30(16-14-29)32-23-27-38(28-24-32)48-41-11-3-7-35-19-20-36-8-4-12-42(48)46(36)45(35)41/h1-28H. The molecule has 2 heterocycles. The van der Waals surface area contributed by atoms with Gasteiger partial charge in [0.15, 0.2) is 0 Å². The first kappa shape index (κ1) is 25.8. The highest BCUT2D eigenvalue weighted by Crippen LogP contribution is 2.40. The summed E-state index contributed by atoms with van der Waals surface area (Å²) in [5, 5.41) is 10.5. The van der Waals surface area contributed by atoms with Crippen LogP contribution >= 0.6 is 0 Å². The molecule has 222 valence electrons. The van der Waals surface area contributed by atoms with Crippen molar-refractivity contribution in [2.75, 3.05) is 0 Å². The van der Waals surface area contributed by atoms with Gasteiger partial charge in [0.25, 0.3) is 0 Å². The molecule has 11 aromatic rings. The molecule has 48 heavy (non-hydrogen) atoms. The summed E-state index contributed by atoms with van der Waals surface area (Å²) >= 11 is 0. The Morgan fingerprint density at radius 1 is 0.229 bits per heavy atom. The van der Waals surface area contributed by atoms with Gasteiger partial charge < -0.3 is 9.13 Å². The van der Waals surface area contributed by atoms with E-state index in [0.717, 1.165) is 0 Å². The first-order valence-corrected chi connectivity index (χ1v) is 16.6. The maximum absolute atomic E-state index is 2.41. The third-order valence-corrected chi connectivity index (χ3v) is 10.4. The number of nitrogens with zero attached hydrogens (tertiary/aromatic N) is 2. The highest BCUT2D eigenvalue weighted by atomic mass is 15.0. The van der Waals surface area contributed by atoms with Crippen LogP contribution in [-0.4, -0.2) is 9.13 Å². The molecule has 0 amide bonds. The van der Waals surface area contributed by atoms with Gasteiger partial charge in [0.1, 0.15) is 0 Å². The third-order valence-electron chi connectivity index (χ3n) is 10.4. The Bertz CT molecular complexity index is 2620. The summed E-state index contributed by atoms with van der Waals surface area (Å²) < 4.78 is 4.81. The van der Waals surface area contributed by atoms with Crippen molar-refractivity contribution in [3.8, 4) is 33.6 Å². The highest BCUT2D eigenvalue weighted by molar-refractivity contribution is 6.25. The summed E-state index contributed by atoms with van der Waals surface area (Å²) in [7, 11) is 0. The second kappa shape index (κ2) is 9.57. The molecule has 0 saturated carbocycles. The van der Waals surface area contributed by atoms with Gasteiger partial charge in [0, 0.05) is 32.9 Å². The van der Waals surface area contributed by atoms with Crippen molar-refractivity contribution in [1.82, 2.24) is 9.13 Å². The van der Waals surface area contributed by atoms with Crippen molar-refractivity contribution < 1.29 is 0 Å². The van der Waals surface area contributed by atoms with E-state index in [1.54, 1.807) is 0 Å². The SMILES string of the molecule is c1cc2ccc3cccc4c3c2c(c1)n4-c1ccc(-c2ccc(-c3ccc(-n4c5cccc6ccc7cccc4c7c65)cc3)cc2)cc1. The molecule has 0 aliphatic rings. The fraction of sp³-hybridized carbons (Fsp3) is 0. The van der Waals surface area contributed by atoms with Gasteiger partial charge >= 0.3 is 0 Å². The molecule has 0 aliphatic carbocycles. The Morgan fingerprint density at radius 3 is 0.750 bits per heavy atom. The predicted octanol–water partition coefficient (Wildman–Crippen LogP) is 12.4. The molecule has 2 heteroatoms. The average Bonchev–Trinajstić information content (AvgIpc) is 3.68.